The molecule has 2 aromatic carbocycles. The second kappa shape index (κ2) is 8.92. The van der Waals surface area contributed by atoms with E-state index in [1.807, 2.05) is 36.4 Å². The summed E-state index contributed by atoms with van der Waals surface area (Å²) in [6.07, 6.45) is 0. The number of piperazine rings is 1. The molecule has 26 heavy (non-hydrogen) atoms. The van der Waals surface area contributed by atoms with Crippen molar-refractivity contribution >= 4 is 23.2 Å². The third kappa shape index (κ3) is 4.90. The quantitative estimate of drug-likeness (QED) is 0.845. The van der Waals surface area contributed by atoms with Crippen molar-refractivity contribution in [3.05, 3.63) is 59.1 Å². The van der Waals surface area contributed by atoms with Gasteiger partial charge in [0.15, 0.2) is 0 Å². The van der Waals surface area contributed by atoms with Gasteiger partial charge in [-0.15, -0.1) is 0 Å². The van der Waals surface area contributed by atoms with Gasteiger partial charge in [0.25, 0.3) is 0 Å². The maximum absolute atomic E-state index is 12.2. The van der Waals surface area contributed by atoms with Crippen LogP contribution < -0.4 is 15.0 Å². The van der Waals surface area contributed by atoms with Crippen molar-refractivity contribution in [1.82, 2.24) is 10.2 Å². The fourth-order valence-electron chi connectivity index (χ4n) is 3.05. The van der Waals surface area contributed by atoms with Gasteiger partial charge in [0.05, 0.1) is 13.7 Å². The van der Waals surface area contributed by atoms with Crippen LogP contribution in [-0.4, -0.2) is 50.6 Å². The van der Waals surface area contributed by atoms with E-state index in [-0.39, 0.29) is 5.91 Å². The average Bonchev–Trinajstić information content (AvgIpc) is 2.68. The number of halogens is 1. The zero-order valence-electron chi connectivity index (χ0n) is 15.0. The molecule has 1 aliphatic heterocycles. The molecule has 0 bridgehead atoms. The first kappa shape index (κ1) is 18.5. The summed E-state index contributed by atoms with van der Waals surface area (Å²) >= 11 is 6.12. The molecule has 0 aliphatic carbocycles. The molecule has 138 valence electrons. The number of carbonyl (C=O) groups is 1. The first-order valence-electron chi connectivity index (χ1n) is 8.77. The fourth-order valence-corrected chi connectivity index (χ4v) is 3.25. The summed E-state index contributed by atoms with van der Waals surface area (Å²) < 4.78 is 5.20. The number of methoxy groups -OCH3 is 1. The van der Waals surface area contributed by atoms with Crippen LogP contribution in [0, 0.1) is 0 Å². The van der Waals surface area contributed by atoms with Crippen LogP contribution >= 0.6 is 11.6 Å². The van der Waals surface area contributed by atoms with Gasteiger partial charge in [0.1, 0.15) is 5.75 Å². The lowest BCUT2D eigenvalue weighted by Gasteiger charge is -2.35. The first-order valence-corrected chi connectivity index (χ1v) is 9.15. The van der Waals surface area contributed by atoms with Crippen molar-refractivity contribution < 1.29 is 9.53 Å². The summed E-state index contributed by atoms with van der Waals surface area (Å²) in [5.74, 6) is 0.894. The van der Waals surface area contributed by atoms with Gasteiger partial charge >= 0.3 is 0 Å². The lowest BCUT2D eigenvalue weighted by atomic mass is 10.2. The number of anilines is 1. The third-order valence-corrected chi connectivity index (χ3v) is 4.98. The molecule has 2 aromatic rings. The van der Waals surface area contributed by atoms with Crippen LogP contribution in [0.5, 0.6) is 5.75 Å². The summed E-state index contributed by atoms with van der Waals surface area (Å²) in [6.45, 7) is 4.43. The highest BCUT2D eigenvalue weighted by Crippen LogP contribution is 2.20. The summed E-state index contributed by atoms with van der Waals surface area (Å²) in [7, 11) is 1.67. The molecule has 0 radical (unpaired) electrons. The Morgan fingerprint density at radius 1 is 1.08 bits per heavy atom. The van der Waals surface area contributed by atoms with Gasteiger partial charge in [-0.2, -0.15) is 0 Å². The Bertz CT molecular complexity index is 728. The maximum Gasteiger partial charge on any atom is 0.234 e. The predicted octanol–water partition coefficient (Wildman–Crippen LogP) is 2.79. The lowest BCUT2D eigenvalue weighted by molar-refractivity contribution is -0.122. The van der Waals surface area contributed by atoms with Gasteiger partial charge in [-0.25, -0.2) is 0 Å². The standard InChI is InChI=1S/C20H24ClN3O2/c1-26-18-8-6-17(7-9-18)24-12-10-23(11-13-24)15-20(25)22-14-16-4-2-3-5-19(16)21/h2-9H,10-15H2,1H3,(H,22,25). The maximum atomic E-state index is 12.2. The second-order valence-electron chi connectivity index (χ2n) is 6.33. The van der Waals surface area contributed by atoms with Crippen LogP contribution in [0.1, 0.15) is 5.56 Å². The molecule has 3 rings (SSSR count). The zero-order chi connectivity index (χ0) is 18.4. The summed E-state index contributed by atoms with van der Waals surface area (Å²) in [6, 6.07) is 15.7. The number of carbonyl (C=O) groups excluding carboxylic acids is 1. The van der Waals surface area contributed by atoms with Gasteiger partial charge in [-0.1, -0.05) is 29.8 Å². The van der Waals surface area contributed by atoms with Crippen molar-refractivity contribution in [2.75, 3.05) is 44.7 Å². The number of ether oxygens (including phenoxy) is 1. The second-order valence-corrected chi connectivity index (χ2v) is 6.74. The SMILES string of the molecule is COc1ccc(N2CCN(CC(=O)NCc3ccccc3Cl)CC2)cc1. The summed E-state index contributed by atoms with van der Waals surface area (Å²) in [5.41, 5.74) is 2.13. The van der Waals surface area contributed by atoms with Crippen LogP contribution in [-0.2, 0) is 11.3 Å². The Hall–Kier alpha value is -2.24. The minimum absolute atomic E-state index is 0.0304. The van der Waals surface area contributed by atoms with E-state index in [1.165, 1.54) is 5.69 Å². The molecule has 1 saturated heterocycles. The Morgan fingerprint density at radius 2 is 1.77 bits per heavy atom. The van der Waals surface area contributed by atoms with E-state index >= 15 is 0 Å². The Balaban J connectivity index is 1.43. The molecule has 0 aromatic heterocycles. The molecule has 1 heterocycles. The number of amides is 1. The van der Waals surface area contributed by atoms with Gasteiger partial charge in [0.2, 0.25) is 5.91 Å². The molecular weight excluding hydrogens is 350 g/mol. The first-order chi connectivity index (χ1) is 12.7. The van der Waals surface area contributed by atoms with Crippen molar-refractivity contribution in [1.29, 1.82) is 0 Å². The van der Waals surface area contributed by atoms with Crippen molar-refractivity contribution in [3.8, 4) is 5.75 Å². The van der Waals surface area contributed by atoms with Crippen LogP contribution in [0.3, 0.4) is 0 Å². The largest absolute Gasteiger partial charge is 0.497 e. The van der Waals surface area contributed by atoms with E-state index in [1.54, 1.807) is 7.11 Å². The van der Waals surface area contributed by atoms with E-state index < -0.39 is 0 Å². The summed E-state index contributed by atoms with van der Waals surface area (Å²) in [4.78, 5) is 16.7. The molecule has 1 amide bonds. The van der Waals surface area contributed by atoms with E-state index in [4.69, 9.17) is 16.3 Å². The highest BCUT2D eigenvalue weighted by atomic mass is 35.5. The van der Waals surface area contributed by atoms with Gasteiger partial charge in [-0.3, -0.25) is 9.69 Å². The number of nitrogens with one attached hydrogen (secondary N) is 1. The molecule has 1 N–H and O–H groups in total. The van der Waals surface area contributed by atoms with Gasteiger partial charge in [0, 0.05) is 43.4 Å². The van der Waals surface area contributed by atoms with Crippen molar-refractivity contribution in [3.63, 3.8) is 0 Å². The molecule has 0 saturated carbocycles. The molecule has 1 fully saturated rings. The van der Waals surface area contributed by atoms with Crippen LogP contribution in [0.15, 0.2) is 48.5 Å². The average molecular weight is 374 g/mol. The van der Waals surface area contributed by atoms with Gasteiger partial charge < -0.3 is 15.0 Å². The van der Waals surface area contributed by atoms with E-state index in [0.29, 0.717) is 18.1 Å². The molecule has 0 spiro atoms. The highest BCUT2D eigenvalue weighted by Gasteiger charge is 2.19. The molecule has 0 unspecified atom stereocenters. The Morgan fingerprint density at radius 3 is 2.42 bits per heavy atom. The minimum atomic E-state index is 0.0304. The zero-order valence-corrected chi connectivity index (χ0v) is 15.7. The van der Waals surface area contributed by atoms with Gasteiger partial charge in [-0.05, 0) is 35.9 Å². The minimum Gasteiger partial charge on any atom is -0.497 e. The van der Waals surface area contributed by atoms with E-state index in [2.05, 4.69) is 27.2 Å². The van der Waals surface area contributed by atoms with Crippen molar-refractivity contribution in [2.45, 2.75) is 6.54 Å². The molecular formula is C20H24ClN3O2. The molecule has 1 aliphatic rings. The molecule has 6 heteroatoms. The van der Waals surface area contributed by atoms with Crippen LogP contribution in [0.2, 0.25) is 5.02 Å². The predicted molar refractivity (Wildman–Crippen MR) is 105 cm³/mol. The molecule has 0 atom stereocenters. The fraction of sp³-hybridized carbons (Fsp3) is 0.350. The monoisotopic (exact) mass is 373 g/mol. The number of hydrogen-bond acceptors (Lipinski definition) is 4. The van der Waals surface area contributed by atoms with Crippen LogP contribution in [0.25, 0.3) is 0 Å². The Kier molecular flexibility index (Phi) is 6.36. The molecule has 5 nitrogen and oxygen atoms in total. The smallest absolute Gasteiger partial charge is 0.234 e. The number of rotatable bonds is 6. The third-order valence-electron chi connectivity index (χ3n) is 4.61. The topological polar surface area (TPSA) is 44.8 Å². The highest BCUT2D eigenvalue weighted by molar-refractivity contribution is 6.31. The van der Waals surface area contributed by atoms with Crippen LogP contribution in [0.4, 0.5) is 5.69 Å². The van der Waals surface area contributed by atoms with E-state index in [9.17, 15) is 4.79 Å². The number of hydrogen-bond donors (Lipinski definition) is 1. The van der Waals surface area contributed by atoms with Crippen molar-refractivity contribution in [2.24, 2.45) is 0 Å². The summed E-state index contributed by atoms with van der Waals surface area (Å²) in [5, 5.41) is 3.63. The number of nitrogens with zero attached hydrogens (tertiary/aromatic N) is 2. The number of benzene rings is 2. The normalized spacial score (nSPS) is 14.9. The lowest BCUT2D eigenvalue weighted by Crippen LogP contribution is -2.49. The van der Waals surface area contributed by atoms with E-state index in [0.717, 1.165) is 37.5 Å². The Labute approximate surface area is 159 Å².